The van der Waals surface area contributed by atoms with Crippen LogP contribution in [0.15, 0.2) is 16.0 Å². The molecule has 1 aliphatic rings. The number of ether oxygens (including phenoxy) is 1. The van der Waals surface area contributed by atoms with Gasteiger partial charge in [0.2, 0.25) is 5.91 Å². The van der Waals surface area contributed by atoms with E-state index in [1.807, 2.05) is 0 Å². The molecule has 1 aliphatic carbocycles. The number of carbonyl (C=O) groups is 2. The smallest absolute Gasteiger partial charge is 0.338 e. The van der Waals surface area contributed by atoms with Gasteiger partial charge in [-0.15, -0.1) is 11.3 Å². The summed E-state index contributed by atoms with van der Waals surface area (Å²) in [7, 11) is 1.23. The standard InChI is InChI=1S/C22H21N5O4S2/c1-11-8-13(21(30)31-2)17-18(24-11)26-22(27-19(17)29)32-10-16(28)25-20-14(9-23)12-6-4-3-5-7-15(12)33-20/h8H,3-7,10H2,1-2H3,(H,25,28)(H,24,26,27,29). The van der Waals surface area contributed by atoms with Crippen molar-refractivity contribution in [3.63, 3.8) is 0 Å². The van der Waals surface area contributed by atoms with E-state index in [0.717, 1.165) is 49.4 Å². The fourth-order valence-corrected chi connectivity index (χ4v) is 5.74. The van der Waals surface area contributed by atoms with E-state index in [1.165, 1.54) is 29.4 Å². The van der Waals surface area contributed by atoms with Gasteiger partial charge in [-0.2, -0.15) is 5.26 Å². The molecule has 0 unspecified atom stereocenters. The molecule has 0 spiro atoms. The van der Waals surface area contributed by atoms with Crippen LogP contribution >= 0.6 is 23.1 Å². The number of nitrogens with one attached hydrogen (secondary N) is 2. The van der Waals surface area contributed by atoms with E-state index < -0.39 is 11.5 Å². The molecule has 0 fully saturated rings. The fourth-order valence-electron chi connectivity index (χ4n) is 3.83. The van der Waals surface area contributed by atoms with Gasteiger partial charge in [0.15, 0.2) is 10.8 Å². The summed E-state index contributed by atoms with van der Waals surface area (Å²) in [6, 6.07) is 3.72. The first-order valence-electron chi connectivity index (χ1n) is 10.4. The lowest BCUT2D eigenvalue weighted by atomic mass is 10.1. The number of thiophene rings is 1. The summed E-state index contributed by atoms with van der Waals surface area (Å²) in [6.07, 6.45) is 5.09. The molecule has 33 heavy (non-hydrogen) atoms. The number of aromatic nitrogens is 3. The summed E-state index contributed by atoms with van der Waals surface area (Å²) >= 11 is 2.51. The Kier molecular flexibility index (Phi) is 6.76. The SMILES string of the molecule is COC(=O)c1cc(C)nc2nc(SCC(=O)Nc3sc4c(c3C#N)CCCCC4)[nH]c(=O)c12. The highest BCUT2D eigenvalue weighted by Crippen LogP contribution is 2.37. The topological polar surface area (TPSA) is 138 Å². The molecule has 9 nitrogen and oxygen atoms in total. The van der Waals surface area contributed by atoms with Gasteiger partial charge < -0.3 is 15.0 Å². The van der Waals surface area contributed by atoms with Crippen LogP contribution in [0.25, 0.3) is 11.0 Å². The van der Waals surface area contributed by atoms with Crippen LogP contribution in [-0.2, 0) is 22.4 Å². The van der Waals surface area contributed by atoms with Gasteiger partial charge in [-0.05, 0) is 44.2 Å². The highest BCUT2D eigenvalue weighted by Gasteiger charge is 2.22. The third kappa shape index (κ3) is 4.77. The van der Waals surface area contributed by atoms with Crippen molar-refractivity contribution in [1.29, 1.82) is 5.26 Å². The minimum absolute atomic E-state index is 0.0163. The fraction of sp³-hybridized carbons (Fsp3) is 0.364. The molecule has 0 bridgehead atoms. The lowest BCUT2D eigenvalue weighted by Gasteiger charge is -2.07. The number of thioether (sulfide) groups is 1. The van der Waals surface area contributed by atoms with Crippen molar-refractivity contribution in [2.45, 2.75) is 44.2 Å². The van der Waals surface area contributed by atoms with Gasteiger partial charge in [0.05, 0.1) is 29.4 Å². The number of carbonyl (C=O) groups excluding carboxylic acids is 2. The molecular weight excluding hydrogens is 462 g/mol. The van der Waals surface area contributed by atoms with Gasteiger partial charge in [0.25, 0.3) is 5.56 Å². The average Bonchev–Trinajstić information content (AvgIpc) is 2.94. The van der Waals surface area contributed by atoms with Crippen LogP contribution < -0.4 is 10.9 Å². The Morgan fingerprint density at radius 2 is 2.09 bits per heavy atom. The Hall–Kier alpha value is -3.23. The summed E-state index contributed by atoms with van der Waals surface area (Å²) < 4.78 is 4.75. The number of amides is 1. The minimum Gasteiger partial charge on any atom is -0.465 e. The largest absolute Gasteiger partial charge is 0.465 e. The molecule has 3 aromatic rings. The zero-order chi connectivity index (χ0) is 23.5. The zero-order valence-corrected chi connectivity index (χ0v) is 19.7. The third-order valence-corrected chi connectivity index (χ3v) is 7.40. The van der Waals surface area contributed by atoms with Crippen LogP contribution in [-0.4, -0.2) is 39.7 Å². The normalized spacial score (nSPS) is 13.1. The van der Waals surface area contributed by atoms with E-state index in [1.54, 1.807) is 6.92 Å². The molecule has 0 saturated carbocycles. The van der Waals surface area contributed by atoms with Crippen molar-refractivity contribution in [1.82, 2.24) is 15.0 Å². The number of hydrogen-bond acceptors (Lipinski definition) is 9. The van der Waals surface area contributed by atoms with Crippen LogP contribution in [0.2, 0.25) is 0 Å². The number of fused-ring (bicyclic) bond motifs is 2. The second-order valence-corrected chi connectivity index (χ2v) is 9.66. The maximum absolute atomic E-state index is 12.6. The van der Waals surface area contributed by atoms with Crippen LogP contribution in [0.5, 0.6) is 0 Å². The lowest BCUT2D eigenvalue weighted by molar-refractivity contribution is -0.113. The summed E-state index contributed by atoms with van der Waals surface area (Å²) in [4.78, 5) is 49.6. The number of pyridine rings is 1. The summed E-state index contributed by atoms with van der Waals surface area (Å²) in [6.45, 7) is 1.68. The van der Waals surface area contributed by atoms with Crippen LogP contribution in [0.1, 0.15) is 51.3 Å². The number of esters is 1. The Balaban J connectivity index is 1.52. The number of aryl methyl sites for hydroxylation is 2. The zero-order valence-electron chi connectivity index (χ0n) is 18.1. The summed E-state index contributed by atoms with van der Waals surface area (Å²) in [5, 5.41) is 13.3. The summed E-state index contributed by atoms with van der Waals surface area (Å²) in [5.74, 6) is -0.972. The Bertz CT molecular complexity index is 1360. The van der Waals surface area contributed by atoms with Crippen LogP contribution in [0.4, 0.5) is 5.00 Å². The van der Waals surface area contributed by atoms with E-state index in [0.29, 0.717) is 16.3 Å². The van der Waals surface area contributed by atoms with Gasteiger partial charge in [0.1, 0.15) is 11.1 Å². The van der Waals surface area contributed by atoms with Crippen molar-refractivity contribution in [2.75, 3.05) is 18.2 Å². The summed E-state index contributed by atoms with van der Waals surface area (Å²) in [5.41, 5.74) is 1.79. The van der Waals surface area contributed by atoms with Gasteiger partial charge in [-0.3, -0.25) is 9.59 Å². The first-order chi connectivity index (χ1) is 15.9. The monoisotopic (exact) mass is 483 g/mol. The highest BCUT2D eigenvalue weighted by atomic mass is 32.2. The number of aromatic amines is 1. The minimum atomic E-state index is -0.653. The highest BCUT2D eigenvalue weighted by molar-refractivity contribution is 7.99. The second-order valence-electron chi connectivity index (χ2n) is 7.59. The predicted molar refractivity (Wildman–Crippen MR) is 126 cm³/mol. The molecule has 0 radical (unpaired) electrons. The number of rotatable bonds is 5. The van der Waals surface area contributed by atoms with Gasteiger partial charge in [-0.25, -0.2) is 14.8 Å². The first kappa shape index (κ1) is 22.9. The maximum Gasteiger partial charge on any atom is 0.338 e. The van der Waals surface area contributed by atoms with Gasteiger partial charge >= 0.3 is 5.97 Å². The molecule has 0 aromatic carbocycles. The van der Waals surface area contributed by atoms with Crippen molar-refractivity contribution >= 4 is 51.0 Å². The van der Waals surface area contributed by atoms with E-state index in [2.05, 4.69) is 26.3 Å². The quantitative estimate of drug-likeness (QED) is 0.244. The number of methoxy groups -OCH3 is 1. The van der Waals surface area contributed by atoms with Crippen molar-refractivity contribution in [3.05, 3.63) is 43.7 Å². The molecule has 0 saturated heterocycles. The predicted octanol–water partition coefficient (Wildman–Crippen LogP) is 3.35. The van der Waals surface area contributed by atoms with Crippen molar-refractivity contribution in [2.24, 2.45) is 0 Å². The number of nitrogens with zero attached hydrogens (tertiary/aromatic N) is 3. The van der Waals surface area contributed by atoms with E-state index >= 15 is 0 Å². The molecule has 1 amide bonds. The van der Waals surface area contributed by atoms with Crippen molar-refractivity contribution < 1.29 is 14.3 Å². The number of hydrogen-bond donors (Lipinski definition) is 2. The number of H-pyrrole nitrogens is 1. The molecule has 0 atom stereocenters. The Morgan fingerprint density at radius 1 is 1.30 bits per heavy atom. The van der Waals surface area contributed by atoms with E-state index in [9.17, 15) is 19.6 Å². The molecule has 170 valence electrons. The maximum atomic E-state index is 12.6. The Morgan fingerprint density at radius 3 is 2.85 bits per heavy atom. The number of anilines is 1. The molecular formula is C22H21N5O4S2. The number of nitriles is 1. The molecule has 3 aromatic heterocycles. The Labute approximate surface area is 197 Å². The molecule has 11 heteroatoms. The van der Waals surface area contributed by atoms with Gasteiger partial charge in [-0.1, -0.05) is 18.2 Å². The van der Waals surface area contributed by atoms with E-state index in [4.69, 9.17) is 4.74 Å². The molecule has 3 heterocycles. The van der Waals surface area contributed by atoms with Crippen molar-refractivity contribution in [3.8, 4) is 6.07 Å². The average molecular weight is 484 g/mol. The first-order valence-corrected chi connectivity index (χ1v) is 12.2. The van der Waals surface area contributed by atoms with E-state index in [-0.39, 0.29) is 33.4 Å². The molecule has 0 aliphatic heterocycles. The van der Waals surface area contributed by atoms with Crippen LogP contribution in [0, 0.1) is 18.3 Å². The molecule has 4 rings (SSSR count). The van der Waals surface area contributed by atoms with Crippen LogP contribution in [0.3, 0.4) is 0 Å². The molecule has 2 N–H and O–H groups in total. The van der Waals surface area contributed by atoms with Gasteiger partial charge in [0, 0.05) is 10.6 Å². The lowest BCUT2D eigenvalue weighted by Crippen LogP contribution is -2.18. The second kappa shape index (κ2) is 9.72. The third-order valence-electron chi connectivity index (χ3n) is 5.31.